The molecule has 23 heavy (non-hydrogen) atoms. The topological polar surface area (TPSA) is 86.3 Å². The molecule has 0 fully saturated rings. The zero-order chi connectivity index (χ0) is 16.4. The summed E-state index contributed by atoms with van der Waals surface area (Å²) in [5, 5.41) is 9.30. The summed E-state index contributed by atoms with van der Waals surface area (Å²) in [6.45, 7) is 2.58. The van der Waals surface area contributed by atoms with Crippen LogP contribution in [0.15, 0.2) is 40.3 Å². The number of thioether (sulfide) groups is 1. The van der Waals surface area contributed by atoms with Gasteiger partial charge in [-0.1, -0.05) is 36.9 Å². The quantitative estimate of drug-likeness (QED) is 0.660. The molecule has 2 N–H and O–H groups in total. The van der Waals surface area contributed by atoms with E-state index in [4.69, 9.17) is 0 Å². The van der Waals surface area contributed by atoms with Crippen LogP contribution in [0, 0.1) is 0 Å². The summed E-state index contributed by atoms with van der Waals surface area (Å²) >= 11 is 1.17. The molecular formula is C16H17N3O3S. The van der Waals surface area contributed by atoms with Crippen molar-refractivity contribution in [1.29, 1.82) is 0 Å². The molecule has 120 valence electrons. The number of aromatic amines is 1. The molecule has 1 unspecified atom stereocenters. The molecule has 7 heteroatoms. The van der Waals surface area contributed by atoms with Crippen LogP contribution in [0.3, 0.4) is 0 Å². The number of fused-ring (bicyclic) bond motifs is 1. The van der Waals surface area contributed by atoms with E-state index in [0.29, 0.717) is 13.0 Å². The van der Waals surface area contributed by atoms with E-state index >= 15 is 0 Å². The first-order valence-corrected chi connectivity index (χ1v) is 8.32. The lowest BCUT2D eigenvalue weighted by molar-refractivity contribution is -0.118. The maximum absolute atomic E-state index is 12.8. The van der Waals surface area contributed by atoms with Crippen LogP contribution in [-0.4, -0.2) is 32.8 Å². The second-order valence-electron chi connectivity index (χ2n) is 5.29. The third-order valence-corrected chi connectivity index (χ3v) is 5.00. The van der Waals surface area contributed by atoms with Crippen molar-refractivity contribution in [2.24, 2.45) is 0 Å². The highest BCUT2D eigenvalue weighted by atomic mass is 32.2. The molecule has 0 bridgehead atoms. The smallest absolute Gasteiger partial charge is 0.255 e. The number of para-hydroxylation sites is 1. The molecule has 0 radical (unpaired) electrons. The van der Waals surface area contributed by atoms with Crippen LogP contribution in [0.5, 0.6) is 5.88 Å². The Morgan fingerprint density at radius 3 is 3.00 bits per heavy atom. The molecule has 0 aliphatic carbocycles. The maximum Gasteiger partial charge on any atom is 0.255 e. The zero-order valence-electron chi connectivity index (χ0n) is 12.7. The number of anilines is 1. The molecule has 2 heterocycles. The third-order valence-electron chi connectivity index (χ3n) is 3.76. The van der Waals surface area contributed by atoms with Crippen LogP contribution in [0.25, 0.3) is 0 Å². The standard InChI is InChI=1S/C16H17N3O3S/c1-2-12(23-16-17-13(20)9-14(21)18-16)15(22)19-8-7-10-5-3-4-6-11(10)19/h3-6,9,12H,2,7-8H2,1H3,(H2,17,18,20,21). The number of amides is 1. The van der Waals surface area contributed by atoms with Gasteiger partial charge in [-0.2, -0.15) is 4.98 Å². The predicted molar refractivity (Wildman–Crippen MR) is 89.0 cm³/mol. The molecule has 2 aromatic rings. The Morgan fingerprint density at radius 2 is 2.26 bits per heavy atom. The van der Waals surface area contributed by atoms with Gasteiger partial charge in [0.05, 0.1) is 11.3 Å². The van der Waals surface area contributed by atoms with Crippen molar-refractivity contribution in [3.63, 3.8) is 0 Å². The van der Waals surface area contributed by atoms with Crippen molar-refractivity contribution >= 4 is 23.4 Å². The van der Waals surface area contributed by atoms with Gasteiger partial charge >= 0.3 is 0 Å². The molecule has 1 amide bonds. The van der Waals surface area contributed by atoms with Gasteiger partial charge in [0, 0.05) is 12.2 Å². The molecule has 1 aliphatic rings. The van der Waals surface area contributed by atoms with Crippen molar-refractivity contribution in [3.8, 4) is 5.88 Å². The Hall–Kier alpha value is -2.28. The lowest BCUT2D eigenvalue weighted by Crippen LogP contribution is -2.36. The minimum atomic E-state index is -0.436. The van der Waals surface area contributed by atoms with Crippen molar-refractivity contribution in [2.45, 2.75) is 30.2 Å². The summed E-state index contributed by atoms with van der Waals surface area (Å²) in [4.78, 5) is 32.4. The van der Waals surface area contributed by atoms with Crippen molar-refractivity contribution < 1.29 is 9.90 Å². The number of carbonyl (C=O) groups excluding carboxylic acids is 1. The summed E-state index contributed by atoms with van der Waals surface area (Å²) in [5.74, 6) is -0.349. The molecule has 1 aromatic carbocycles. The van der Waals surface area contributed by atoms with Crippen LogP contribution in [0.1, 0.15) is 18.9 Å². The SMILES string of the molecule is CCC(Sc1nc(O)cc(=O)[nH]1)C(=O)N1CCc2ccccc21. The van der Waals surface area contributed by atoms with Crippen molar-refractivity contribution in [3.05, 3.63) is 46.2 Å². The number of aromatic nitrogens is 2. The van der Waals surface area contributed by atoms with Gasteiger partial charge in [0.25, 0.3) is 5.56 Å². The van der Waals surface area contributed by atoms with E-state index in [9.17, 15) is 14.7 Å². The Morgan fingerprint density at radius 1 is 1.48 bits per heavy atom. The Kier molecular flexibility index (Phi) is 4.38. The average molecular weight is 331 g/mol. The zero-order valence-corrected chi connectivity index (χ0v) is 13.5. The second kappa shape index (κ2) is 6.45. The van der Waals surface area contributed by atoms with Gasteiger partial charge in [0.2, 0.25) is 11.8 Å². The van der Waals surface area contributed by atoms with E-state index in [1.54, 1.807) is 4.90 Å². The lowest BCUT2D eigenvalue weighted by Gasteiger charge is -2.22. The number of H-pyrrole nitrogens is 1. The first-order valence-electron chi connectivity index (χ1n) is 7.44. The highest BCUT2D eigenvalue weighted by molar-refractivity contribution is 8.00. The van der Waals surface area contributed by atoms with Crippen LogP contribution in [0.4, 0.5) is 5.69 Å². The lowest BCUT2D eigenvalue weighted by atomic mass is 10.2. The molecule has 1 aromatic heterocycles. The predicted octanol–water partition coefficient (Wildman–Crippen LogP) is 1.94. The van der Waals surface area contributed by atoms with Crippen LogP contribution >= 0.6 is 11.8 Å². The molecule has 1 atom stereocenters. The molecular weight excluding hydrogens is 314 g/mol. The first-order chi connectivity index (χ1) is 11.1. The molecule has 0 saturated carbocycles. The van der Waals surface area contributed by atoms with Crippen LogP contribution in [0.2, 0.25) is 0 Å². The molecule has 6 nitrogen and oxygen atoms in total. The molecule has 1 aliphatic heterocycles. The number of carbonyl (C=O) groups is 1. The molecule has 0 saturated heterocycles. The fourth-order valence-corrected chi connectivity index (χ4v) is 3.63. The molecule has 3 rings (SSSR count). The highest BCUT2D eigenvalue weighted by Crippen LogP contribution is 2.31. The average Bonchev–Trinajstić information content (AvgIpc) is 2.95. The normalized spacial score (nSPS) is 14.6. The van der Waals surface area contributed by atoms with Crippen LogP contribution in [-0.2, 0) is 11.2 Å². The van der Waals surface area contributed by atoms with E-state index in [-0.39, 0.29) is 22.2 Å². The van der Waals surface area contributed by atoms with Crippen molar-refractivity contribution in [1.82, 2.24) is 9.97 Å². The summed E-state index contributed by atoms with van der Waals surface area (Å²) in [6, 6.07) is 8.88. The largest absolute Gasteiger partial charge is 0.493 e. The van der Waals surface area contributed by atoms with E-state index in [1.807, 2.05) is 31.2 Å². The van der Waals surface area contributed by atoms with Gasteiger partial charge in [-0.05, 0) is 24.5 Å². The number of hydrogen-bond acceptors (Lipinski definition) is 5. The van der Waals surface area contributed by atoms with Crippen molar-refractivity contribution in [2.75, 3.05) is 11.4 Å². The third kappa shape index (κ3) is 3.24. The Labute approximate surface area is 137 Å². The van der Waals surface area contributed by atoms with E-state index in [2.05, 4.69) is 9.97 Å². The number of benzene rings is 1. The van der Waals surface area contributed by atoms with Gasteiger partial charge in [-0.3, -0.25) is 9.59 Å². The summed E-state index contributed by atoms with van der Waals surface area (Å²) in [5.41, 5.74) is 1.69. The fourth-order valence-electron chi connectivity index (χ4n) is 2.66. The van der Waals surface area contributed by atoms with Gasteiger partial charge in [-0.15, -0.1) is 0 Å². The molecule has 0 spiro atoms. The summed E-state index contributed by atoms with van der Waals surface area (Å²) in [7, 11) is 0. The van der Waals surface area contributed by atoms with Gasteiger partial charge in [0.1, 0.15) is 0 Å². The monoisotopic (exact) mass is 331 g/mol. The number of aromatic hydroxyl groups is 1. The van der Waals surface area contributed by atoms with E-state index in [0.717, 1.165) is 18.2 Å². The first kappa shape index (κ1) is 15.6. The number of nitrogens with zero attached hydrogens (tertiary/aromatic N) is 2. The maximum atomic E-state index is 12.8. The fraction of sp³-hybridized carbons (Fsp3) is 0.312. The number of rotatable bonds is 4. The minimum Gasteiger partial charge on any atom is -0.493 e. The van der Waals surface area contributed by atoms with E-state index < -0.39 is 5.56 Å². The Bertz CT molecular complexity index is 790. The van der Waals surface area contributed by atoms with E-state index in [1.165, 1.54) is 17.3 Å². The summed E-state index contributed by atoms with van der Waals surface area (Å²) < 4.78 is 0. The van der Waals surface area contributed by atoms with Crippen LogP contribution < -0.4 is 10.5 Å². The highest BCUT2D eigenvalue weighted by Gasteiger charge is 2.30. The van der Waals surface area contributed by atoms with Gasteiger partial charge < -0.3 is 15.0 Å². The number of nitrogens with one attached hydrogen (secondary N) is 1. The second-order valence-corrected chi connectivity index (χ2v) is 6.48. The minimum absolute atomic E-state index is 0.00607. The Balaban J connectivity index is 1.81. The number of hydrogen-bond donors (Lipinski definition) is 2. The van der Waals surface area contributed by atoms with Gasteiger partial charge in [0.15, 0.2) is 5.16 Å². The van der Waals surface area contributed by atoms with Gasteiger partial charge in [-0.25, -0.2) is 0 Å². The summed E-state index contributed by atoms with van der Waals surface area (Å²) in [6.07, 6.45) is 1.45.